The molecule has 2 amide bonds. The second-order valence-corrected chi connectivity index (χ2v) is 9.93. The molecule has 1 aliphatic carbocycles. The summed E-state index contributed by atoms with van der Waals surface area (Å²) in [4.78, 5) is 51.0. The third kappa shape index (κ3) is 6.09. The number of nitrogens with zero attached hydrogens (tertiary/aromatic N) is 1. The number of benzene rings is 2. The summed E-state index contributed by atoms with van der Waals surface area (Å²) in [6.07, 6.45) is 3.44. The lowest BCUT2D eigenvalue weighted by atomic mass is 9.95. The van der Waals surface area contributed by atoms with Crippen LogP contribution in [0.4, 0.5) is 5.00 Å². The Morgan fingerprint density at radius 2 is 1.66 bits per heavy atom. The molecule has 196 valence electrons. The van der Waals surface area contributed by atoms with E-state index in [0.29, 0.717) is 33.8 Å². The summed E-state index contributed by atoms with van der Waals surface area (Å²) in [5.74, 6) is -2.93. The fraction of sp³-hybridized carbons (Fsp3) is 0.222. The van der Waals surface area contributed by atoms with Gasteiger partial charge in [-0.1, -0.05) is 23.7 Å². The number of hydrogen-bond acceptors (Lipinski definition) is 8. The molecule has 0 spiro atoms. The molecule has 1 aliphatic rings. The molecule has 0 aliphatic heterocycles. The average molecular weight is 554 g/mol. The number of hydrazone groups is 1. The van der Waals surface area contributed by atoms with Crippen molar-refractivity contribution < 1.29 is 28.7 Å². The van der Waals surface area contributed by atoms with Gasteiger partial charge in [0.15, 0.2) is 0 Å². The first kappa shape index (κ1) is 27.0. The monoisotopic (exact) mass is 553 g/mol. The Morgan fingerprint density at radius 1 is 0.947 bits per heavy atom. The number of amides is 2. The lowest BCUT2D eigenvalue weighted by Crippen LogP contribution is -2.33. The second kappa shape index (κ2) is 12.0. The summed E-state index contributed by atoms with van der Waals surface area (Å²) in [7, 11) is 1.27. The van der Waals surface area contributed by atoms with E-state index in [1.165, 1.54) is 18.4 Å². The van der Waals surface area contributed by atoms with Crippen LogP contribution in [0.15, 0.2) is 53.6 Å². The quantitative estimate of drug-likeness (QED) is 0.149. The molecule has 1 aromatic heterocycles. The van der Waals surface area contributed by atoms with E-state index >= 15 is 0 Å². The maximum absolute atomic E-state index is 12.6. The molecule has 0 bridgehead atoms. The highest BCUT2D eigenvalue weighted by Gasteiger charge is 2.28. The van der Waals surface area contributed by atoms with E-state index in [1.807, 2.05) is 0 Å². The molecule has 3 aromatic rings. The van der Waals surface area contributed by atoms with Crippen molar-refractivity contribution >= 4 is 57.4 Å². The van der Waals surface area contributed by atoms with Gasteiger partial charge in [0.05, 0.1) is 23.9 Å². The molecule has 2 N–H and O–H groups in total. The van der Waals surface area contributed by atoms with Gasteiger partial charge in [0.1, 0.15) is 10.8 Å². The van der Waals surface area contributed by atoms with Crippen LogP contribution < -0.4 is 15.5 Å². The van der Waals surface area contributed by atoms with E-state index < -0.39 is 23.8 Å². The second-order valence-electron chi connectivity index (χ2n) is 8.39. The Morgan fingerprint density at radius 3 is 2.39 bits per heavy atom. The van der Waals surface area contributed by atoms with Crippen molar-refractivity contribution in [3.8, 4) is 5.75 Å². The number of para-hydroxylation sites is 1. The third-order valence-electron chi connectivity index (χ3n) is 5.88. The standard InChI is InChI=1S/C27H24ClN3O6S/c1-15(18-7-3-5-9-20(18)37-26(34)16-11-13-17(28)14-12-16)30-31-24(33)23(32)29-25-22(27(35)36-2)19-8-4-6-10-21(19)38-25/h3,5,7,9,11-14H,4,6,8,10H2,1-2H3,(H,29,32)(H,31,33)/b30-15+. The molecule has 0 unspecified atom stereocenters. The zero-order valence-electron chi connectivity index (χ0n) is 20.6. The molecule has 9 nitrogen and oxygen atoms in total. The van der Waals surface area contributed by atoms with Gasteiger partial charge in [0.25, 0.3) is 0 Å². The molecule has 0 saturated carbocycles. The van der Waals surface area contributed by atoms with Crippen LogP contribution in [0.2, 0.25) is 5.02 Å². The molecule has 11 heteroatoms. The van der Waals surface area contributed by atoms with Gasteiger partial charge in [-0.2, -0.15) is 5.10 Å². The largest absolute Gasteiger partial charge is 0.465 e. The molecule has 0 atom stereocenters. The number of ether oxygens (including phenoxy) is 2. The van der Waals surface area contributed by atoms with Crippen LogP contribution in [-0.4, -0.2) is 36.6 Å². The summed E-state index contributed by atoms with van der Waals surface area (Å²) in [6.45, 7) is 1.59. The van der Waals surface area contributed by atoms with E-state index in [9.17, 15) is 19.2 Å². The maximum Gasteiger partial charge on any atom is 0.343 e. The normalized spacial score (nSPS) is 12.8. The van der Waals surface area contributed by atoms with Gasteiger partial charge < -0.3 is 14.8 Å². The van der Waals surface area contributed by atoms with Crippen LogP contribution in [0.25, 0.3) is 0 Å². The van der Waals surface area contributed by atoms with Crippen molar-refractivity contribution in [2.45, 2.75) is 32.6 Å². The SMILES string of the molecule is COC(=O)c1c(NC(=O)C(=O)N/N=C(\C)c2ccccc2OC(=O)c2ccc(Cl)cc2)sc2c1CCCC2. The molecule has 0 fully saturated rings. The topological polar surface area (TPSA) is 123 Å². The predicted molar refractivity (Wildman–Crippen MR) is 144 cm³/mol. The molecule has 38 heavy (non-hydrogen) atoms. The fourth-order valence-electron chi connectivity index (χ4n) is 3.98. The summed E-state index contributed by atoms with van der Waals surface area (Å²) in [5, 5.41) is 7.30. The van der Waals surface area contributed by atoms with Gasteiger partial charge in [0, 0.05) is 15.5 Å². The zero-order valence-corrected chi connectivity index (χ0v) is 22.2. The number of anilines is 1. The lowest BCUT2D eigenvalue weighted by molar-refractivity contribution is -0.136. The lowest BCUT2D eigenvalue weighted by Gasteiger charge is -2.11. The van der Waals surface area contributed by atoms with Crippen LogP contribution in [0.3, 0.4) is 0 Å². The highest BCUT2D eigenvalue weighted by molar-refractivity contribution is 7.17. The Balaban J connectivity index is 1.45. The van der Waals surface area contributed by atoms with Crippen molar-refractivity contribution in [2.75, 3.05) is 12.4 Å². The Kier molecular flexibility index (Phi) is 8.55. The van der Waals surface area contributed by atoms with E-state index in [-0.39, 0.29) is 10.8 Å². The minimum absolute atomic E-state index is 0.222. The highest BCUT2D eigenvalue weighted by atomic mass is 35.5. The first-order valence-electron chi connectivity index (χ1n) is 11.7. The summed E-state index contributed by atoms with van der Waals surface area (Å²) >= 11 is 7.15. The summed E-state index contributed by atoms with van der Waals surface area (Å²) in [5.41, 5.74) is 4.42. The number of rotatable bonds is 6. The number of thiophene rings is 1. The Hall–Kier alpha value is -4.02. The van der Waals surface area contributed by atoms with E-state index in [4.69, 9.17) is 21.1 Å². The zero-order chi connectivity index (χ0) is 27.2. The molecular formula is C27H24ClN3O6S. The summed E-state index contributed by atoms with van der Waals surface area (Å²) in [6, 6.07) is 12.9. The fourth-order valence-corrected chi connectivity index (χ4v) is 5.38. The molecule has 4 rings (SSSR count). The minimum Gasteiger partial charge on any atom is -0.465 e. The number of esters is 2. The molecular weight excluding hydrogens is 530 g/mol. The first-order valence-corrected chi connectivity index (χ1v) is 12.9. The van der Waals surface area contributed by atoms with Gasteiger partial charge >= 0.3 is 23.8 Å². The Bertz CT molecular complexity index is 1430. The minimum atomic E-state index is -1.03. The number of nitrogens with one attached hydrogen (secondary N) is 2. The van der Waals surface area contributed by atoms with Crippen LogP contribution >= 0.6 is 22.9 Å². The van der Waals surface area contributed by atoms with Crippen LogP contribution in [-0.2, 0) is 27.2 Å². The number of methoxy groups -OCH3 is 1. The van der Waals surface area contributed by atoms with E-state index in [1.54, 1.807) is 55.5 Å². The number of hydrogen-bond donors (Lipinski definition) is 2. The highest BCUT2D eigenvalue weighted by Crippen LogP contribution is 2.38. The number of fused-ring (bicyclic) bond motifs is 1. The first-order chi connectivity index (χ1) is 18.3. The number of carbonyl (C=O) groups excluding carboxylic acids is 4. The van der Waals surface area contributed by atoms with Crippen molar-refractivity contribution in [3.05, 3.63) is 80.7 Å². The maximum atomic E-state index is 12.6. The average Bonchev–Trinajstić information content (AvgIpc) is 3.29. The van der Waals surface area contributed by atoms with Gasteiger partial charge in [-0.05, 0) is 74.6 Å². The van der Waals surface area contributed by atoms with Gasteiger partial charge in [0.2, 0.25) is 0 Å². The van der Waals surface area contributed by atoms with Crippen molar-refractivity contribution in [1.82, 2.24) is 5.43 Å². The third-order valence-corrected chi connectivity index (χ3v) is 7.34. The van der Waals surface area contributed by atoms with Crippen LogP contribution in [0.1, 0.15) is 56.5 Å². The van der Waals surface area contributed by atoms with Crippen molar-refractivity contribution in [1.29, 1.82) is 0 Å². The molecule has 1 heterocycles. The summed E-state index contributed by atoms with van der Waals surface area (Å²) < 4.78 is 10.4. The molecule has 0 radical (unpaired) electrons. The number of halogens is 1. The van der Waals surface area contributed by atoms with Gasteiger partial charge in [-0.25, -0.2) is 15.0 Å². The number of aryl methyl sites for hydroxylation is 1. The van der Waals surface area contributed by atoms with Crippen LogP contribution in [0, 0.1) is 0 Å². The molecule has 0 saturated heterocycles. The van der Waals surface area contributed by atoms with Crippen molar-refractivity contribution in [2.24, 2.45) is 5.10 Å². The predicted octanol–water partition coefficient (Wildman–Crippen LogP) is 4.77. The number of carbonyl (C=O) groups is 4. The van der Waals surface area contributed by atoms with Gasteiger partial charge in [-0.15, -0.1) is 11.3 Å². The van der Waals surface area contributed by atoms with Gasteiger partial charge in [-0.3, -0.25) is 9.59 Å². The van der Waals surface area contributed by atoms with Crippen molar-refractivity contribution in [3.63, 3.8) is 0 Å². The molecule has 2 aromatic carbocycles. The van der Waals surface area contributed by atoms with E-state index in [2.05, 4.69) is 15.8 Å². The smallest absolute Gasteiger partial charge is 0.343 e. The van der Waals surface area contributed by atoms with Crippen LogP contribution in [0.5, 0.6) is 5.75 Å². The Labute approximate surface area is 227 Å². The van der Waals surface area contributed by atoms with E-state index in [0.717, 1.165) is 29.7 Å².